The van der Waals surface area contributed by atoms with Gasteiger partial charge in [0.05, 0.1) is 25.4 Å². The van der Waals surface area contributed by atoms with E-state index in [1.54, 1.807) is 0 Å². The molecule has 9 nitrogen and oxygen atoms in total. The molecule has 0 aliphatic carbocycles. The summed E-state index contributed by atoms with van der Waals surface area (Å²) < 4.78 is 11.4. The van der Waals surface area contributed by atoms with E-state index in [2.05, 4.69) is 19.2 Å². The largest absolute Gasteiger partial charge is 0.394 e. The summed E-state index contributed by atoms with van der Waals surface area (Å²) in [7, 11) is 0. The van der Waals surface area contributed by atoms with Crippen molar-refractivity contribution in [3.63, 3.8) is 0 Å². The Bertz CT molecular complexity index is 1260. The fourth-order valence-corrected chi connectivity index (χ4v) is 12.6. The van der Waals surface area contributed by atoms with Gasteiger partial charge in [-0.05, 0) is 12.8 Å². The second-order valence-corrected chi connectivity index (χ2v) is 26.5. The molecule has 7 unspecified atom stereocenters. The van der Waals surface area contributed by atoms with Crippen molar-refractivity contribution in [1.82, 2.24) is 5.32 Å². The van der Waals surface area contributed by atoms with Crippen molar-refractivity contribution < 1.29 is 39.8 Å². The van der Waals surface area contributed by atoms with Gasteiger partial charge in [0, 0.05) is 6.42 Å². The highest BCUT2D eigenvalue weighted by atomic mass is 16.7. The molecule has 0 aromatic carbocycles. The van der Waals surface area contributed by atoms with Crippen LogP contribution in [0.2, 0.25) is 0 Å². The number of aliphatic hydroxyl groups is 5. The van der Waals surface area contributed by atoms with E-state index in [0.717, 1.165) is 38.5 Å². The van der Waals surface area contributed by atoms with E-state index in [4.69, 9.17) is 9.47 Å². The zero-order valence-corrected chi connectivity index (χ0v) is 55.0. The first kappa shape index (κ1) is 79.2. The molecule has 1 saturated heterocycles. The lowest BCUT2D eigenvalue weighted by Crippen LogP contribution is -2.60. The van der Waals surface area contributed by atoms with Crippen LogP contribution in [0.15, 0.2) is 0 Å². The molecule has 1 aliphatic rings. The number of hydrogen-bond donors (Lipinski definition) is 6. The third-order valence-corrected chi connectivity index (χ3v) is 18.5. The Kier molecular flexibility index (Phi) is 61.1. The Morgan fingerprint density at radius 2 is 0.610 bits per heavy atom. The molecule has 1 rings (SSSR count). The highest BCUT2D eigenvalue weighted by Gasteiger charge is 2.44. The maximum absolute atomic E-state index is 13.1. The molecule has 7 atom stereocenters. The molecule has 0 aromatic heterocycles. The Morgan fingerprint density at radius 1 is 0.366 bits per heavy atom. The zero-order chi connectivity index (χ0) is 59.3. The van der Waals surface area contributed by atoms with Crippen LogP contribution in [0.3, 0.4) is 0 Å². The van der Waals surface area contributed by atoms with Crippen LogP contribution >= 0.6 is 0 Å². The van der Waals surface area contributed by atoms with Gasteiger partial charge in [-0.25, -0.2) is 0 Å². The van der Waals surface area contributed by atoms with Crippen LogP contribution in [0.1, 0.15) is 406 Å². The first-order chi connectivity index (χ1) is 40.3. The SMILES string of the molecule is CCCCCCCCCCCCCCCCCCCCCCCCCCCCCCCCCCCCCCCCCCC(=O)NC(COC1OC(CO)C(O)C(O)C1O)C(O)CCCCCCCCCCCCCCCCCCCCC. The van der Waals surface area contributed by atoms with Crippen molar-refractivity contribution in [2.24, 2.45) is 0 Å². The molecule has 82 heavy (non-hydrogen) atoms. The summed E-state index contributed by atoms with van der Waals surface area (Å²) in [4.78, 5) is 13.1. The maximum Gasteiger partial charge on any atom is 0.220 e. The van der Waals surface area contributed by atoms with Crippen LogP contribution < -0.4 is 5.32 Å². The van der Waals surface area contributed by atoms with E-state index in [1.165, 1.54) is 340 Å². The normalized spacial score (nSPS) is 18.2. The number of carbonyl (C=O) groups excluding carboxylic acids is 1. The number of carbonyl (C=O) groups is 1. The molecule has 1 heterocycles. The van der Waals surface area contributed by atoms with Gasteiger partial charge in [0.25, 0.3) is 0 Å². The molecule has 0 aromatic rings. The number of nitrogens with one attached hydrogen (secondary N) is 1. The van der Waals surface area contributed by atoms with Gasteiger partial charge in [0.15, 0.2) is 6.29 Å². The summed E-state index contributed by atoms with van der Waals surface area (Å²) in [6.07, 6.45) is 73.5. The number of aliphatic hydroxyl groups excluding tert-OH is 5. The second kappa shape index (κ2) is 63.2. The molecule has 1 fully saturated rings. The fraction of sp³-hybridized carbons (Fsp3) is 0.986. The first-order valence-electron chi connectivity index (χ1n) is 37.2. The molecule has 0 bridgehead atoms. The Balaban J connectivity index is 2.00. The molecule has 6 N–H and O–H groups in total. The van der Waals surface area contributed by atoms with Crippen LogP contribution in [-0.2, 0) is 14.3 Å². The molecule has 0 spiro atoms. The van der Waals surface area contributed by atoms with E-state index >= 15 is 0 Å². The number of hydrogen-bond acceptors (Lipinski definition) is 8. The quantitative estimate of drug-likeness (QED) is 0.0330. The van der Waals surface area contributed by atoms with Gasteiger partial charge in [-0.1, -0.05) is 386 Å². The highest BCUT2D eigenvalue weighted by Crippen LogP contribution is 2.24. The average Bonchev–Trinajstić information content (AvgIpc) is 3.57. The van der Waals surface area contributed by atoms with E-state index in [9.17, 15) is 30.3 Å². The summed E-state index contributed by atoms with van der Waals surface area (Å²) in [6.45, 7) is 3.91. The Morgan fingerprint density at radius 3 is 0.866 bits per heavy atom. The summed E-state index contributed by atoms with van der Waals surface area (Å²) in [5.74, 6) is -0.133. The second-order valence-electron chi connectivity index (χ2n) is 26.5. The zero-order valence-electron chi connectivity index (χ0n) is 55.0. The van der Waals surface area contributed by atoms with E-state index in [0.29, 0.717) is 12.8 Å². The van der Waals surface area contributed by atoms with Crippen LogP contribution in [0, 0.1) is 0 Å². The number of ether oxygens (including phenoxy) is 2. The minimum atomic E-state index is -1.55. The van der Waals surface area contributed by atoms with Crippen LogP contribution in [-0.4, -0.2) is 87.5 Å². The van der Waals surface area contributed by atoms with Crippen molar-refractivity contribution in [1.29, 1.82) is 0 Å². The van der Waals surface area contributed by atoms with E-state index in [-0.39, 0.29) is 12.5 Å². The standard InChI is InChI=1S/C73H145NO8/c1-3-5-7-9-11-13-15-17-19-21-23-24-25-26-27-28-29-30-31-32-33-34-35-36-37-38-39-40-41-42-43-45-47-49-51-53-55-57-59-61-63-69(77)74-66(65-81-73-72(80)71(79)70(78)68(64-75)82-73)67(76)62-60-58-56-54-52-50-48-46-44-22-20-18-16-14-12-10-8-6-4-2/h66-68,70-73,75-76,78-80H,3-65H2,1-2H3,(H,74,77). The van der Waals surface area contributed by atoms with Crippen molar-refractivity contribution in [3.05, 3.63) is 0 Å². The van der Waals surface area contributed by atoms with Gasteiger partial charge in [-0.3, -0.25) is 4.79 Å². The first-order valence-corrected chi connectivity index (χ1v) is 37.2. The maximum atomic E-state index is 13.1. The van der Waals surface area contributed by atoms with Crippen molar-refractivity contribution >= 4 is 5.91 Å². The van der Waals surface area contributed by atoms with Crippen molar-refractivity contribution in [2.45, 2.75) is 448 Å². The molecule has 0 saturated carbocycles. The summed E-state index contributed by atoms with van der Waals surface area (Å²) in [6, 6.07) is -0.715. The predicted molar refractivity (Wildman–Crippen MR) is 351 cm³/mol. The van der Waals surface area contributed by atoms with Crippen LogP contribution in [0.25, 0.3) is 0 Å². The number of unbranched alkanes of at least 4 members (excludes halogenated alkanes) is 57. The molecule has 490 valence electrons. The molecular weight excluding hydrogens is 1020 g/mol. The van der Waals surface area contributed by atoms with Gasteiger partial charge in [0.1, 0.15) is 24.4 Å². The average molecular weight is 1160 g/mol. The lowest BCUT2D eigenvalue weighted by Gasteiger charge is -2.40. The van der Waals surface area contributed by atoms with E-state index in [1.807, 2.05) is 0 Å². The third kappa shape index (κ3) is 51.3. The van der Waals surface area contributed by atoms with Crippen molar-refractivity contribution in [2.75, 3.05) is 13.2 Å². The molecule has 9 heteroatoms. The van der Waals surface area contributed by atoms with Crippen LogP contribution in [0.5, 0.6) is 0 Å². The monoisotopic (exact) mass is 1160 g/mol. The summed E-state index contributed by atoms with van der Waals surface area (Å²) >= 11 is 0. The summed E-state index contributed by atoms with van der Waals surface area (Å²) in [5, 5.41) is 54.9. The van der Waals surface area contributed by atoms with Crippen LogP contribution in [0.4, 0.5) is 0 Å². The fourth-order valence-electron chi connectivity index (χ4n) is 12.6. The topological polar surface area (TPSA) is 149 Å². The van der Waals surface area contributed by atoms with Gasteiger partial charge in [-0.15, -0.1) is 0 Å². The Labute approximate surface area is 510 Å². The molecule has 1 aliphatic heterocycles. The van der Waals surface area contributed by atoms with Crippen molar-refractivity contribution in [3.8, 4) is 0 Å². The molecular formula is C73H145NO8. The number of amides is 1. The number of rotatable bonds is 67. The highest BCUT2D eigenvalue weighted by molar-refractivity contribution is 5.76. The molecule has 0 radical (unpaired) electrons. The smallest absolute Gasteiger partial charge is 0.220 e. The minimum Gasteiger partial charge on any atom is -0.394 e. The predicted octanol–water partition coefficient (Wildman–Crippen LogP) is 20.5. The minimum absolute atomic E-state index is 0.130. The molecule has 1 amide bonds. The lowest BCUT2D eigenvalue weighted by molar-refractivity contribution is -0.302. The van der Waals surface area contributed by atoms with Gasteiger partial charge >= 0.3 is 0 Å². The van der Waals surface area contributed by atoms with Gasteiger partial charge < -0.3 is 40.3 Å². The van der Waals surface area contributed by atoms with E-state index < -0.39 is 49.5 Å². The Hall–Kier alpha value is -0.810. The van der Waals surface area contributed by atoms with Gasteiger partial charge in [0.2, 0.25) is 5.91 Å². The third-order valence-electron chi connectivity index (χ3n) is 18.5. The van der Waals surface area contributed by atoms with Gasteiger partial charge in [-0.2, -0.15) is 0 Å². The lowest BCUT2D eigenvalue weighted by atomic mass is 9.99. The summed E-state index contributed by atoms with van der Waals surface area (Å²) in [5.41, 5.74) is 0.